The summed E-state index contributed by atoms with van der Waals surface area (Å²) in [6, 6.07) is 0. The molecule has 17 heavy (non-hydrogen) atoms. The fourth-order valence-corrected chi connectivity index (χ4v) is 4.82. The molecule has 1 heterocycles. The van der Waals surface area contributed by atoms with Crippen LogP contribution in [0.15, 0.2) is 0 Å². The van der Waals surface area contributed by atoms with E-state index in [4.69, 9.17) is 0 Å². The zero-order valence-corrected chi connectivity index (χ0v) is 13.2. The van der Waals surface area contributed by atoms with E-state index in [1.165, 1.54) is 32.1 Å². The van der Waals surface area contributed by atoms with Gasteiger partial charge in [0.1, 0.15) is 0 Å². The van der Waals surface area contributed by atoms with Gasteiger partial charge in [-0.15, -0.1) is 0 Å². The molecule has 1 rings (SSSR count). The first-order valence-corrected chi connectivity index (χ1v) is 8.77. The van der Waals surface area contributed by atoms with Crippen LogP contribution in [0.25, 0.3) is 0 Å². The molecule has 0 aromatic carbocycles. The van der Waals surface area contributed by atoms with Crippen LogP contribution in [0.3, 0.4) is 0 Å². The van der Waals surface area contributed by atoms with Crippen molar-refractivity contribution in [3.05, 3.63) is 0 Å². The summed E-state index contributed by atoms with van der Waals surface area (Å²) in [7, 11) is 5.44. The standard InChI is InChI=1S/C10H18O2S2.C3H8/c1-10(7-8-13-14-10)6-4-3-5-9(11)12-2;1-3-2/h3-8H2,1-2H3;3H2,1-2H3/t10-;/m1./s1. The molecule has 4 heteroatoms. The molecule has 0 aliphatic carbocycles. The molecule has 0 radical (unpaired) electrons. The number of unbranched alkanes of at least 4 members (excludes halogenated alkanes) is 1. The Balaban J connectivity index is 0.000000770. The van der Waals surface area contributed by atoms with Gasteiger partial charge >= 0.3 is 5.97 Å². The van der Waals surface area contributed by atoms with E-state index in [9.17, 15) is 4.79 Å². The van der Waals surface area contributed by atoms with Crippen LogP contribution >= 0.6 is 21.6 Å². The summed E-state index contributed by atoms with van der Waals surface area (Å²) in [6.07, 6.45) is 6.46. The molecule has 2 nitrogen and oxygen atoms in total. The molecule has 0 spiro atoms. The molecule has 0 aromatic heterocycles. The zero-order valence-electron chi connectivity index (χ0n) is 11.6. The second kappa shape index (κ2) is 10.1. The van der Waals surface area contributed by atoms with Crippen molar-refractivity contribution in [1.29, 1.82) is 0 Å². The smallest absolute Gasteiger partial charge is 0.305 e. The zero-order chi connectivity index (χ0) is 13.1. The van der Waals surface area contributed by atoms with Gasteiger partial charge in [-0.1, -0.05) is 48.3 Å². The molecule has 1 aliphatic heterocycles. The third kappa shape index (κ3) is 8.83. The van der Waals surface area contributed by atoms with Gasteiger partial charge in [0.15, 0.2) is 0 Å². The first-order chi connectivity index (χ1) is 8.08. The van der Waals surface area contributed by atoms with E-state index in [0.29, 0.717) is 11.2 Å². The lowest BCUT2D eigenvalue weighted by atomic mass is 9.99. The van der Waals surface area contributed by atoms with E-state index in [1.54, 1.807) is 0 Å². The van der Waals surface area contributed by atoms with Crippen molar-refractivity contribution < 1.29 is 9.53 Å². The van der Waals surface area contributed by atoms with Crippen LogP contribution in [-0.2, 0) is 9.53 Å². The Morgan fingerprint density at radius 1 is 1.35 bits per heavy atom. The van der Waals surface area contributed by atoms with Crippen molar-refractivity contribution in [3.63, 3.8) is 0 Å². The first kappa shape index (κ1) is 17.2. The molecule has 102 valence electrons. The maximum atomic E-state index is 10.9. The third-order valence-electron chi connectivity index (χ3n) is 2.54. The number of methoxy groups -OCH3 is 1. The Kier molecular flexibility index (Phi) is 10.2. The van der Waals surface area contributed by atoms with Gasteiger partial charge in [-0.05, 0) is 26.2 Å². The molecule has 0 saturated carbocycles. The lowest BCUT2D eigenvalue weighted by molar-refractivity contribution is -0.140. The summed E-state index contributed by atoms with van der Waals surface area (Å²) in [4.78, 5) is 10.9. The number of hydrogen-bond acceptors (Lipinski definition) is 4. The molecule has 0 amide bonds. The predicted octanol–water partition coefficient (Wildman–Crippen LogP) is 4.68. The Morgan fingerprint density at radius 3 is 2.47 bits per heavy atom. The molecule has 0 unspecified atom stereocenters. The summed E-state index contributed by atoms with van der Waals surface area (Å²) in [5, 5.41) is 0. The Bertz CT molecular complexity index is 202. The highest BCUT2D eigenvalue weighted by Gasteiger charge is 2.29. The van der Waals surface area contributed by atoms with Crippen molar-refractivity contribution in [2.75, 3.05) is 12.9 Å². The quantitative estimate of drug-likeness (QED) is 0.414. The predicted molar refractivity (Wildman–Crippen MR) is 79.5 cm³/mol. The molecule has 1 fully saturated rings. The molecular formula is C13H26O2S2. The van der Waals surface area contributed by atoms with E-state index in [0.717, 1.165) is 12.8 Å². The summed E-state index contributed by atoms with van der Waals surface area (Å²) in [5.74, 6) is 1.20. The molecule has 0 N–H and O–H groups in total. The van der Waals surface area contributed by atoms with Gasteiger partial charge in [0, 0.05) is 16.9 Å². The summed E-state index contributed by atoms with van der Waals surface area (Å²) < 4.78 is 5.06. The van der Waals surface area contributed by atoms with Crippen LogP contribution < -0.4 is 0 Å². The average Bonchev–Trinajstić information content (AvgIpc) is 2.73. The van der Waals surface area contributed by atoms with Crippen molar-refractivity contribution in [2.45, 2.75) is 64.0 Å². The van der Waals surface area contributed by atoms with Gasteiger partial charge in [-0.2, -0.15) is 0 Å². The van der Waals surface area contributed by atoms with E-state index in [1.807, 2.05) is 21.6 Å². The minimum atomic E-state index is -0.0800. The largest absolute Gasteiger partial charge is 0.469 e. The molecule has 1 saturated heterocycles. The monoisotopic (exact) mass is 278 g/mol. The normalized spacial score (nSPS) is 22.8. The number of carbonyl (C=O) groups excluding carboxylic acids is 1. The fraction of sp³-hybridized carbons (Fsp3) is 0.923. The van der Waals surface area contributed by atoms with Crippen molar-refractivity contribution in [2.24, 2.45) is 0 Å². The van der Waals surface area contributed by atoms with Gasteiger partial charge in [0.05, 0.1) is 7.11 Å². The number of ether oxygens (including phenoxy) is 1. The minimum absolute atomic E-state index is 0.0800. The van der Waals surface area contributed by atoms with E-state index in [2.05, 4.69) is 25.5 Å². The summed E-state index contributed by atoms with van der Waals surface area (Å²) in [6.45, 7) is 6.58. The third-order valence-corrected chi connectivity index (χ3v) is 5.90. The Morgan fingerprint density at radius 2 is 2.00 bits per heavy atom. The van der Waals surface area contributed by atoms with E-state index < -0.39 is 0 Å². The highest BCUT2D eigenvalue weighted by Crippen LogP contribution is 2.49. The van der Waals surface area contributed by atoms with Crippen LogP contribution in [0, 0.1) is 0 Å². The van der Waals surface area contributed by atoms with Crippen LogP contribution in [0.5, 0.6) is 0 Å². The van der Waals surface area contributed by atoms with Crippen LogP contribution in [0.2, 0.25) is 0 Å². The Labute approximate surface area is 114 Å². The lowest BCUT2D eigenvalue weighted by Crippen LogP contribution is -2.15. The van der Waals surface area contributed by atoms with Crippen molar-refractivity contribution in [1.82, 2.24) is 0 Å². The second-order valence-corrected chi connectivity index (χ2v) is 7.60. The van der Waals surface area contributed by atoms with Crippen molar-refractivity contribution in [3.8, 4) is 0 Å². The second-order valence-electron chi connectivity index (χ2n) is 4.60. The summed E-state index contributed by atoms with van der Waals surface area (Å²) >= 11 is 0. The van der Waals surface area contributed by atoms with Crippen LogP contribution in [0.1, 0.15) is 59.3 Å². The van der Waals surface area contributed by atoms with Gasteiger partial charge in [0.2, 0.25) is 0 Å². The van der Waals surface area contributed by atoms with Crippen LogP contribution in [0.4, 0.5) is 0 Å². The highest BCUT2D eigenvalue weighted by molar-refractivity contribution is 8.77. The van der Waals surface area contributed by atoms with Crippen LogP contribution in [-0.4, -0.2) is 23.6 Å². The minimum Gasteiger partial charge on any atom is -0.469 e. The van der Waals surface area contributed by atoms with E-state index in [-0.39, 0.29) is 5.97 Å². The molecule has 1 aliphatic rings. The SMILES string of the molecule is CCC.COC(=O)CCCC[C@]1(C)CCSS1. The van der Waals surface area contributed by atoms with Gasteiger partial charge in [0.25, 0.3) is 0 Å². The number of rotatable bonds is 5. The van der Waals surface area contributed by atoms with Crippen molar-refractivity contribution >= 4 is 27.6 Å². The van der Waals surface area contributed by atoms with Gasteiger partial charge in [-0.25, -0.2) is 0 Å². The fourth-order valence-electron chi connectivity index (χ4n) is 1.52. The Hall–Kier alpha value is 0.170. The number of carbonyl (C=O) groups is 1. The average molecular weight is 278 g/mol. The van der Waals surface area contributed by atoms with E-state index >= 15 is 0 Å². The molecule has 0 aromatic rings. The molecule has 0 bridgehead atoms. The summed E-state index contributed by atoms with van der Waals surface area (Å²) in [5.41, 5.74) is 0. The number of hydrogen-bond donors (Lipinski definition) is 0. The van der Waals surface area contributed by atoms with Gasteiger partial charge in [-0.3, -0.25) is 4.79 Å². The first-order valence-electron chi connectivity index (χ1n) is 6.45. The van der Waals surface area contributed by atoms with Gasteiger partial charge < -0.3 is 4.74 Å². The topological polar surface area (TPSA) is 26.3 Å². The lowest BCUT2D eigenvalue weighted by Gasteiger charge is -2.20. The number of esters is 1. The molecular weight excluding hydrogens is 252 g/mol. The maximum absolute atomic E-state index is 10.9. The maximum Gasteiger partial charge on any atom is 0.305 e. The molecule has 1 atom stereocenters. The highest BCUT2D eigenvalue weighted by atomic mass is 33.1.